The van der Waals surface area contributed by atoms with Crippen LogP contribution in [-0.2, 0) is 5.41 Å². The molecule has 0 saturated heterocycles. The minimum atomic E-state index is -0.171. The topological polar surface area (TPSA) is 0 Å². The second kappa shape index (κ2) is 9.64. The summed E-state index contributed by atoms with van der Waals surface area (Å²) >= 11 is 0. The summed E-state index contributed by atoms with van der Waals surface area (Å²) in [7, 11) is 0. The Balaban J connectivity index is 1.29. The third-order valence-electron chi connectivity index (χ3n) is 10.8. The van der Waals surface area contributed by atoms with Crippen LogP contribution < -0.4 is 0 Å². The fraction of sp³-hybridized carbons (Fsp3) is 0.0638. The van der Waals surface area contributed by atoms with Crippen molar-refractivity contribution in [1.29, 1.82) is 0 Å². The molecule has 0 bridgehead atoms. The number of hydrogen-bond donors (Lipinski definition) is 0. The van der Waals surface area contributed by atoms with Gasteiger partial charge >= 0.3 is 0 Å². The van der Waals surface area contributed by atoms with E-state index in [0.717, 1.165) is 0 Å². The van der Waals surface area contributed by atoms with E-state index in [1.807, 2.05) is 0 Å². The lowest BCUT2D eigenvalue weighted by Crippen LogP contribution is -2.24. The molecule has 9 aromatic carbocycles. The van der Waals surface area contributed by atoms with Gasteiger partial charge in [-0.25, -0.2) is 0 Å². The molecule has 0 spiro atoms. The van der Waals surface area contributed by atoms with Crippen LogP contribution in [0.5, 0.6) is 0 Å². The van der Waals surface area contributed by atoms with Crippen molar-refractivity contribution in [1.82, 2.24) is 0 Å². The predicted octanol–water partition coefficient (Wildman–Crippen LogP) is 13.0. The van der Waals surface area contributed by atoms with Gasteiger partial charge in [0.15, 0.2) is 0 Å². The average molecular weight is 597 g/mol. The summed E-state index contributed by atoms with van der Waals surface area (Å²) in [6.07, 6.45) is 0. The largest absolute Gasteiger partial charge is 0.0622 e. The van der Waals surface area contributed by atoms with Crippen molar-refractivity contribution in [2.45, 2.75) is 19.3 Å². The van der Waals surface area contributed by atoms with Crippen molar-refractivity contribution < 1.29 is 0 Å². The SMILES string of the molecule is CC1(C)c2ccccc2-c2cccc3ccc(-c4cc(-c5ccccc5)cc(-c5ccc6ccc7cccc8ccc5c6c78)c4)c1c23. The van der Waals surface area contributed by atoms with E-state index < -0.39 is 0 Å². The Hall–Kier alpha value is -5.72. The highest BCUT2D eigenvalue weighted by Gasteiger charge is 2.35. The molecule has 0 aromatic heterocycles. The number of benzene rings is 9. The smallest absolute Gasteiger partial charge is 0.0165 e. The Kier molecular flexibility index (Phi) is 5.44. The minimum Gasteiger partial charge on any atom is -0.0622 e. The Morgan fingerprint density at radius 1 is 0.340 bits per heavy atom. The number of rotatable bonds is 3. The fourth-order valence-electron chi connectivity index (χ4n) is 8.61. The Morgan fingerprint density at radius 2 is 0.894 bits per heavy atom. The summed E-state index contributed by atoms with van der Waals surface area (Å²) in [4.78, 5) is 0. The molecule has 0 heterocycles. The van der Waals surface area contributed by atoms with Crippen molar-refractivity contribution >= 4 is 43.1 Å². The van der Waals surface area contributed by atoms with Gasteiger partial charge < -0.3 is 0 Å². The highest BCUT2D eigenvalue weighted by atomic mass is 14.4. The van der Waals surface area contributed by atoms with E-state index in [0.29, 0.717) is 0 Å². The molecule has 1 aliphatic carbocycles. The standard InChI is InChI=1S/C47H32/c1-47(2)42-17-7-6-15-39(42)40-16-9-14-32-21-24-38(46(47)45(32)40)36-27-34(29-10-4-3-5-11-29)26-35(28-36)37-23-20-33-19-18-30-12-8-13-31-22-25-41(37)44(33)43(30)31/h3-28H,1-2H3. The zero-order chi connectivity index (χ0) is 31.3. The maximum Gasteiger partial charge on any atom is 0.0165 e. The summed E-state index contributed by atoms with van der Waals surface area (Å²) in [5.41, 5.74) is 12.9. The highest BCUT2D eigenvalue weighted by Crippen LogP contribution is 2.52. The van der Waals surface area contributed by atoms with Crippen LogP contribution in [0.25, 0.3) is 87.6 Å². The van der Waals surface area contributed by atoms with Crippen LogP contribution in [0, 0.1) is 0 Å². The van der Waals surface area contributed by atoms with Gasteiger partial charge in [-0.3, -0.25) is 0 Å². The molecule has 1 aliphatic rings. The predicted molar refractivity (Wildman–Crippen MR) is 202 cm³/mol. The molecule has 0 amide bonds. The first-order valence-corrected chi connectivity index (χ1v) is 16.6. The normalized spacial score (nSPS) is 13.5. The molecule has 0 radical (unpaired) electrons. The first-order chi connectivity index (χ1) is 23.1. The monoisotopic (exact) mass is 596 g/mol. The Labute approximate surface area is 274 Å². The van der Waals surface area contributed by atoms with Gasteiger partial charge in [0.1, 0.15) is 0 Å². The van der Waals surface area contributed by atoms with Gasteiger partial charge in [0, 0.05) is 5.41 Å². The Bertz CT molecular complexity index is 2670. The van der Waals surface area contributed by atoms with Gasteiger partial charge in [0.05, 0.1) is 0 Å². The second-order valence-corrected chi connectivity index (χ2v) is 13.7. The lowest BCUT2D eigenvalue weighted by Gasteiger charge is -2.37. The number of hydrogen-bond acceptors (Lipinski definition) is 0. The molecular weight excluding hydrogens is 565 g/mol. The molecule has 0 aliphatic heterocycles. The van der Waals surface area contributed by atoms with E-state index >= 15 is 0 Å². The lowest BCUT2D eigenvalue weighted by atomic mass is 9.66. The summed E-state index contributed by atoms with van der Waals surface area (Å²) in [6, 6.07) is 59.0. The lowest BCUT2D eigenvalue weighted by molar-refractivity contribution is 0.647. The first kappa shape index (κ1) is 26.5. The first-order valence-electron chi connectivity index (χ1n) is 16.6. The van der Waals surface area contributed by atoms with Crippen molar-refractivity contribution in [3.05, 3.63) is 169 Å². The van der Waals surface area contributed by atoms with E-state index in [1.165, 1.54) is 98.7 Å². The minimum absolute atomic E-state index is 0.171. The van der Waals surface area contributed by atoms with Crippen LogP contribution >= 0.6 is 0 Å². The van der Waals surface area contributed by atoms with E-state index in [1.54, 1.807) is 0 Å². The fourth-order valence-corrected chi connectivity index (χ4v) is 8.61. The van der Waals surface area contributed by atoms with Crippen LogP contribution in [0.2, 0.25) is 0 Å². The number of fused-ring (bicyclic) bond motifs is 2. The van der Waals surface area contributed by atoms with Crippen molar-refractivity contribution in [3.8, 4) is 44.5 Å². The van der Waals surface area contributed by atoms with Gasteiger partial charge in [-0.1, -0.05) is 153 Å². The van der Waals surface area contributed by atoms with Gasteiger partial charge in [-0.15, -0.1) is 0 Å². The van der Waals surface area contributed by atoms with Gasteiger partial charge in [0.2, 0.25) is 0 Å². The van der Waals surface area contributed by atoms with E-state index in [2.05, 4.69) is 172 Å². The van der Waals surface area contributed by atoms with E-state index in [9.17, 15) is 0 Å². The summed E-state index contributed by atoms with van der Waals surface area (Å²) < 4.78 is 0. The summed E-state index contributed by atoms with van der Waals surface area (Å²) in [6.45, 7) is 4.81. The Morgan fingerprint density at radius 3 is 1.68 bits per heavy atom. The maximum absolute atomic E-state index is 2.44. The molecule has 0 N–H and O–H groups in total. The molecule has 0 saturated carbocycles. The molecule has 0 atom stereocenters. The molecule has 9 aromatic rings. The van der Waals surface area contributed by atoms with Gasteiger partial charge in [0.25, 0.3) is 0 Å². The second-order valence-electron chi connectivity index (χ2n) is 13.7. The third kappa shape index (κ3) is 3.76. The molecule has 0 fully saturated rings. The van der Waals surface area contributed by atoms with Crippen LogP contribution in [0.1, 0.15) is 25.0 Å². The van der Waals surface area contributed by atoms with Gasteiger partial charge in [-0.05, 0) is 117 Å². The zero-order valence-electron chi connectivity index (χ0n) is 26.5. The maximum atomic E-state index is 2.44. The molecule has 0 unspecified atom stereocenters. The van der Waals surface area contributed by atoms with Crippen LogP contribution in [0.4, 0.5) is 0 Å². The van der Waals surface area contributed by atoms with Crippen LogP contribution in [-0.4, -0.2) is 0 Å². The summed E-state index contributed by atoms with van der Waals surface area (Å²) in [5.74, 6) is 0. The molecule has 220 valence electrons. The van der Waals surface area contributed by atoms with E-state index in [4.69, 9.17) is 0 Å². The summed E-state index contributed by atoms with van der Waals surface area (Å²) in [5, 5.41) is 10.6. The molecular formula is C47H32. The quantitative estimate of drug-likeness (QED) is 0.178. The van der Waals surface area contributed by atoms with Crippen molar-refractivity contribution in [2.24, 2.45) is 0 Å². The molecule has 10 rings (SSSR count). The van der Waals surface area contributed by atoms with Crippen LogP contribution in [0.3, 0.4) is 0 Å². The van der Waals surface area contributed by atoms with E-state index in [-0.39, 0.29) is 5.41 Å². The van der Waals surface area contributed by atoms with Crippen molar-refractivity contribution in [3.63, 3.8) is 0 Å². The average Bonchev–Trinajstić information content (AvgIpc) is 3.13. The zero-order valence-corrected chi connectivity index (χ0v) is 26.5. The molecule has 47 heavy (non-hydrogen) atoms. The van der Waals surface area contributed by atoms with Crippen molar-refractivity contribution in [2.75, 3.05) is 0 Å². The molecule has 0 nitrogen and oxygen atoms in total. The van der Waals surface area contributed by atoms with Crippen LogP contribution in [0.15, 0.2) is 158 Å². The molecule has 0 heteroatoms. The van der Waals surface area contributed by atoms with Gasteiger partial charge in [-0.2, -0.15) is 0 Å². The highest BCUT2D eigenvalue weighted by molar-refractivity contribution is 6.25. The third-order valence-corrected chi connectivity index (χ3v) is 10.8.